The van der Waals surface area contributed by atoms with Gasteiger partial charge in [-0.1, -0.05) is 81.4 Å². The Labute approximate surface area is 243 Å². The highest BCUT2D eigenvalue weighted by molar-refractivity contribution is 6.99. The molecule has 0 radical (unpaired) electrons. The molecule has 2 saturated carbocycles. The third-order valence-electron chi connectivity index (χ3n) is 8.61. The summed E-state index contributed by atoms with van der Waals surface area (Å²) in [7, 11) is -2.76. The van der Waals surface area contributed by atoms with Crippen molar-refractivity contribution in [2.45, 2.75) is 76.5 Å². The molecule has 1 saturated heterocycles. The zero-order valence-electron chi connectivity index (χ0n) is 24.8. The molecule has 1 aliphatic heterocycles. The summed E-state index contributed by atoms with van der Waals surface area (Å²) >= 11 is 0. The Bertz CT molecular complexity index is 1240. The van der Waals surface area contributed by atoms with Gasteiger partial charge in [0, 0.05) is 18.6 Å². The van der Waals surface area contributed by atoms with E-state index in [4.69, 9.17) is 18.6 Å². The van der Waals surface area contributed by atoms with E-state index in [1.807, 2.05) is 32.9 Å². The van der Waals surface area contributed by atoms with E-state index >= 15 is 0 Å². The van der Waals surface area contributed by atoms with Gasteiger partial charge in [-0.15, -0.1) is 0 Å². The number of benzene rings is 2. The van der Waals surface area contributed by atoms with Crippen molar-refractivity contribution >= 4 is 30.6 Å². The number of hydrogen-bond donors (Lipinski definition) is 2. The van der Waals surface area contributed by atoms with Gasteiger partial charge in [-0.25, -0.2) is 4.79 Å². The zero-order valence-corrected chi connectivity index (χ0v) is 25.8. The van der Waals surface area contributed by atoms with E-state index in [2.05, 4.69) is 79.9 Å². The Hall–Kier alpha value is -2.98. The van der Waals surface area contributed by atoms with Crippen molar-refractivity contribution in [1.29, 1.82) is 0 Å². The number of fused-ring (bicyclic) bond motifs is 3. The molecule has 0 spiro atoms. The largest absolute Gasteiger partial charge is 0.501 e. The number of carbonyl (C=O) groups is 2. The fourth-order valence-electron chi connectivity index (χ4n) is 6.91. The van der Waals surface area contributed by atoms with Crippen LogP contribution in [0.1, 0.15) is 48.0 Å². The molecule has 220 valence electrons. The van der Waals surface area contributed by atoms with Gasteiger partial charge >= 0.3 is 6.03 Å². The molecule has 1 heterocycles. The molecule has 0 unspecified atom stereocenters. The molecule has 9 heteroatoms. The van der Waals surface area contributed by atoms with Gasteiger partial charge < -0.3 is 24.0 Å². The first-order valence-corrected chi connectivity index (χ1v) is 16.4. The number of hydrogen-bond acceptors (Lipinski definition) is 6. The normalized spacial score (nSPS) is 28.1. The zero-order chi connectivity index (χ0) is 29.5. The molecule has 0 bridgehead atoms. The quantitative estimate of drug-likeness (QED) is 0.267. The van der Waals surface area contributed by atoms with E-state index in [0.717, 1.165) is 6.42 Å². The molecule has 2 aliphatic carbocycles. The Morgan fingerprint density at radius 3 is 2.20 bits per heavy atom. The van der Waals surface area contributed by atoms with Gasteiger partial charge in [-0.05, 0) is 48.5 Å². The van der Waals surface area contributed by atoms with Crippen LogP contribution in [-0.4, -0.2) is 57.0 Å². The lowest BCUT2D eigenvalue weighted by Gasteiger charge is -2.44. The van der Waals surface area contributed by atoms with Crippen LogP contribution in [0.25, 0.3) is 0 Å². The Morgan fingerprint density at radius 2 is 1.63 bits per heavy atom. The minimum atomic E-state index is -2.76. The van der Waals surface area contributed by atoms with Gasteiger partial charge in [0.1, 0.15) is 6.10 Å². The molecule has 3 aliphatic rings. The molecule has 2 aromatic carbocycles. The maximum atomic E-state index is 12.9. The Balaban J connectivity index is 1.41. The summed E-state index contributed by atoms with van der Waals surface area (Å²) in [5.74, 6) is -1.22. The standard InChI is InChI=1S/C32H42N2O6Si/c1-7-37-19-18-26(35)33-29(36)34-32-20-25(32)24(27-28(32)40-31(5,6)39-27)21-38-41(30(2,3)4,22-14-10-8-11-15-22)23-16-12-9-13-17-23/h8-19,24-25,27-28H,7,20-21H2,1-6H3,(H2,33,34,35,36)/b19-18+/t24-,25-,27+,28+,32-/m0/s1. The molecule has 2 aromatic rings. The summed E-state index contributed by atoms with van der Waals surface area (Å²) in [4.78, 5) is 25.1. The lowest BCUT2D eigenvalue weighted by molar-refractivity contribution is -0.160. The van der Waals surface area contributed by atoms with Crippen LogP contribution in [0.4, 0.5) is 4.79 Å². The van der Waals surface area contributed by atoms with Crippen LogP contribution < -0.4 is 21.0 Å². The third kappa shape index (κ3) is 5.48. The summed E-state index contributed by atoms with van der Waals surface area (Å²) in [6.45, 7) is 13.3. The number of ether oxygens (including phenoxy) is 3. The third-order valence-corrected chi connectivity index (χ3v) is 13.6. The average molecular weight is 579 g/mol. The van der Waals surface area contributed by atoms with Crippen LogP contribution in [-0.2, 0) is 23.4 Å². The number of rotatable bonds is 9. The summed E-state index contributed by atoms with van der Waals surface area (Å²) < 4.78 is 25.2. The average Bonchev–Trinajstić information content (AvgIpc) is 3.45. The van der Waals surface area contributed by atoms with Gasteiger partial charge in [-0.2, -0.15) is 0 Å². The van der Waals surface area contributed by atoms with Crippen LogP contribution in [0, 0.1) is 11.8 Å². The van der Waals surface area contributed by atoms with E-state index in [1.54, 1.807) is 0 Å². The van der Waals surface area contributed by atoms with Crippen molar-refractivity contribution in [1.82, 2.24) is 10.6 Å². The van der Waals surface area contributed by atoms with Crippen molar-refractivity contribution in [2.75, 3.05) is 13.2 Å². The van der Waals surface area contributed by atoms with Crippen molar-refractivity contribution in [3.05, 3.63) is 73.0 Å². The second-order valence-corrected chi connectivity index (χ2v) is 17.0. The number of amides is 3. The smallest absolute Gasteiger partial charge is 0.322 e. The van der Waals surface area contributed by atoms with Gasteiger partial charge in [0.15, 0.2) is 5.79 Å². The van der Waals surface area contributed by atoms with Gasteiger partial charge in [0.25, 0.3) is 14.2 Å². The summed E-state index contributed by atoms with van der Waals surface area (Å²) in [6.07, 6.45) is 2.63. The van der Waals surface area contributed by atoms with E-state index in [9.17, 15) is 9.59 Å². The first-order valence-electron chi connectivity index (χ1n) is 14.5. The molecular weight excluding hydrogens is 536 g/mol. The number of urea groups is 1. The summed E-state index contributed by atoms with van der Waals surface area (Å²) in [5, 5.41) is 7.74. The molecule has 8 nitrogen and oxygen atoms in total. The predicted molar refractivity (Wildman–Crippen MR) is 159 cm³/mol. The first-order chi connectivity index (χ1) is 19.4. The monoisotopic (exact) mass is 578 g/mol. The minimum absolute atomic E-state index is 0.0114. The Kier molecular flexibility index (Phi) is 7.93. The summed E-state index contributed by atoms with van der Waals surface area (Å²) in [6, 6.07) is 20.6. The van der Waals surface area contributed by atoms with Crippen molar-refractivity contribution in [3.8, 4) is 0 Å². The molecule has 41 heavy (non-hydrogen) atoms. The summed E-state index contributed by atoms with van der Waals surface area (Å²) in [5.41, 5.74) is -0.619. The molecule has 3 fully saturated rings. The highest BCUT2D eigenvalue weighted by Crippen LogP contribution is 2.64. The second kappa shape index (κ2) is 11.0. The van der Waals surface area contributed by atoms with Crippen molar-refractivity contribution in [3.63, 3.8) is 0 Å². The van der Waals surface area contributed by atoms with Gasteiger partial charge in [-0.3, -0.25) is 10.1 Å². The van der Waals surface area contributed by atoms with Crippen LogP contribution in [0.3, 0.4) is 0 Å². The lowest BCUT2D eigenvalue weighted by atomic mass is 10.0. The number of nitrogens with one attached hydrogen (secondary N) is 2. The van der Waals surface area contributed by atoms with E-state index in [0.29, 0.717) is 13.2 Å². The van der Waals surface area contributed by atoms with Crippen LogP contribution in [0.5, 0.6) is 0 Å². The fourth-order valence-corrected chi connectivity index (χ4v) is 11.5. The molecule has 5 atom stereocenters. The fraction of sp³-hybridized carbons (Fsp3) is 0.500. The topological polar surface area (TPSA) is 95.1 Å². The van der Waals surface area contributed by atoms with Crippen LogP contribution in [0.15, 0.2) is 73.0 Å². The van der Waals surface area contributed by atoms with E-state index in [1.165, 1.54) is 22.7 Å². The first kappa shape index (κ1) is 29.5. The molecule has 2 N–H and O–H groups in total. The predicted octanol–water partition coefficient (Wildman–Crippen LogP) is 3.85. The van der Waals surface area contributed by atoms with E-state index in [-0.39, 0.29) is 29.1 Å². The van der Waals surface area contributed by atoms with Crippen LogP contribution in [0.2, 0.25) is 5.04 Å². The highest BCUT2D eigenvalue weighted by atomic mass is 28.4. The second-order valence-electron chi connectivity index (χ2n) is 12.7. The van der Waals surface area contributed by atoms with Gasteiger partial charge in [0.2, 0.25) is 0 Å². The molecule has 0 aromatic heterocycles. The maximum Gasteiger partial charge on any atom is 0.322 e. The maximum absolute atomic E-state index is 12.9. The molecular formula is C32H42N2O6Si. The highest BCUT2D eigenvalue weighted by Gasteiger charge is 2.76. The Morgan fingerprint density at radius 1 is 1.02 bits per heavy atom. The number of carbonyl (C=O) groups excluding carboxylic acids is 2. The molecule has 5 rings (SSSR count). The van der Waals surface area contributed by atoms with E-state index < -0.39 is 31.6 Å². The molecule has 3 amide bonds. The number of imide groups is 1. The van der Waals surface area contributed by atoms with Crippen molar-refractivity contribution in [2.24, 2.45) is 11.8 Å². The van der Waals surface area contributed by atoms with Gasteiger partial charge in [0.05, 0.1) is 24.5 Å². The minimum Gasteiger partial charge on any atom is -0.501 e. The SMILES string of the molecule is CCO/C=C/C(=O)NC(=O)N[C@@]12C[C@H]1[C@H](CO[Si](c1ccccc1)(c1ccccc1)C(C)(C)C)[C@H]1OC(C)(C)O[C@H]12. The van der Waals surface area contributed by atoms with Crippen LogP contribution >= 0.6 is 0 Å². The van der Waals surface area contributed by atoms with Crippen molar-refractivity contribution < 1.29 is 28.2 Å². The lowest BCUT2D eigenvalue weighted by Crippen LogP contribution is -2.67.